The fraction of sp³-hybridized carbons (Fsp3) is 0.286. The second-order valence-corrected chi connectivity index (χ2v) is 5.49. The number of carbonyl (C=O) groups excluding carboxylic acids is 1. The van der Waals surface area contributed by atoms with Crippen molar-refractivity contribution in [3.63, 3.8) is 0 Å². The van der Waals surface area contributed by atoms with Gasteiger partial charge in [-0.2, -0.15) is 0 Å². The van der Waals surface area contributed by atoms with Gasteiger partial charge in [0.15, 0.2) is 11.4 Å². The molecule has 1 fully saturated rings. The summed E-state index contributed by atoms with van der Waals surface area (Å²) in [5.41, 5.74) is 7.88. The number of rotatable bonds is 4. The number of nitrogens with two attached hydrogens (primary N) is 1. The number of amides is 1. The summed E-state index contributed by atoms with van der Waals surface area (Å²) in [4.78, 5) is 16.0. The van der Waals surface area contributed by atoms with Crippen LogP contribution in [0.5, 0.6) is 0 Å². The molecule has 0 atom stereocenters. The van der Waals surface area contributed by atoms with Crippen molar-refractivity contribution >= 4 is 28.1 Å². The van der Waals surface area contributed by atoms with Gasteiger partial charge in [0.05, 0.1) is 25.3 Å². The van der Waals surface area contributed by atoms with Crippen LogP contribution < -0.4 is 11.1 Å². The lowest BCUT2D eigenvalue weighted by atomic mass is 10.2. The van der Waals surface area contributed by atoms with Crippen molar-refractivity contribution in [3.8, 4) is 0 Å². The quantitative estimate of drug-likeness (QED) is 0.901. The normalized spacial score (nSPS) is 15.2. The fourth-order valence-corrected chi connectivity index (χ4v) is 2.61. The van der Waals surface area contributed by atoms with Gasteiger partial charge in [-0.05, 0) is 12.1 Å². The zero-order valence-corrected chi connectivity index (χ0v) is 12.1. The highest BCUT2D eigenvalue weighted by atomic mass is 32.1. The van der Waals surface area contributed by atoms with E-state index in [1.807, 2.05) is 24.3 Å². The van der Waals surface area contributed by atoms with Crippen molar-refractivity contribution in [3.05, 3.63) is 40.9 Å². The lowest BCUT2D eigenvalue weighted by molar-refractivity contribution is -0.115. The molecule has 1 saturated heterocycles. The highest BCUT2D eigenvalue weighted by molar-refractivity contribution is 7.13. The highest BCUT2D eigenvalue weighted by Crippen LogP contribution is 2.24. The van der Waals surface area contributed by atoms with Gasteiger partial charge in [-0.3, -0.25) is 4.79 Å². The van der Waals surface area contributed by atoms with Crippen LogP contribution in [0.1, 0.15) is 17.5 Å². The molecule has 0 radical (unpaired) electrons. The largest absolute Gasteiger partial charge is 0.375 e. The Labute approximate surface area is 125 Å². The molecule has 1 aromatic carbocycles. The van der Waals surface area contributed by atoms with Crippen LogP contribution in [-0.4, -0.2) is 24.1 Å². The van der Waals surface area contributed by atoms with E-state index in [2.05, 4.69) is 10.3 Å². The van der Waals surface area contributed by atoms with E-state index in [1.165, 1.54) is 11.3 Å². The summed E-state index contributed by atoms with van der Waals surface area (Å²) in [5.74, 6) is -0.124. The predicted octanol–water partition coefficient (Wildman–Crippen LogP) is 1.95. The van der Waals surface area contributed by atoms with Gasteiger partial charge in [-0.1, -0.05) is 12.1 Å². The van der Waals surface area contributed by atoms with Crippen LogP contribution in [0.4, 0.5) is 10.8 Å². The van der Waals surface area contributed by atoms with E-state index in [1.54, 1.807) is 5.38 Å². The predicted molar refractivity (Wildman–Crippen MR) is 79.9 cm³/mol. The zero-order chi connectivity index (χ0) is 14.7. The first-order chi connectivity index (χ1) is 10.2. The van der Waals surface area contributed by atoms with E-state index >= 15 is 0 Å². The molecule has 0 spiro atoms. The molecule has 3 N–H and O–H groups in total. The van der Waals surface area contributed by atoms with Crippen LogP contribution >= 0.6 is 11.3 Å². The average molecular weight is 305 g/mol. The molecule has 2 heterocycles. The summed E-state index contributed by atoms with van der Waals surface area (Å²) in [5, 5.41) is 5.08. The number of benzene rings is 1. The lowest BCUT2D eigenvalue weighted by Gasteiger charge is -2.10. The van der Waals surface area contributed by atoms with Crippen LogP contribution in [0.3, 0.4) is 0 Å². The molecule has 21 heavy (non-hydrogen) atoms. The van der Waals surface area contributed by atoms with E-state index in [0.717, 1.165) is 11.3 Å². The van der Waals surface area contributed by atoms with Crippen molar-refractivity contribution < 1.29 is 14.3 Å². The molecule has 110 valence electrons. The Kier molecular flexibility index (Phi) is 4.14. The summed E-state index contributed by atoms with van der Waals surface area (Å²) >= 11 is 1.33. The molecule has 7 heteroatoms. The van der Waals surface area contributed by atoms with E-state index < -0.39 is 0 Å². The maximum absolute atomic E-state index is 11.9. The fourth-order valence-electron chi connectivity index (χ4n) is 2.05. The zero-order valence-electron chi connectivity index (χ0n) is 11.2. The maximum Gasteiger partial charge on any atom is 0.230 e. The van der Waals surface area contributed by atoms with Crippen LogP contribution in [0.25, 0.3) is 0 Å². The number of nitrogen functional groups attached to an aromatic ring is 1. The second kappa shape index (κ2) is 6.21. The highest BCUT2D eigenvalue weighted by Gasteiger charge is 2.17. The Morgan fingerprint density at radius 2 is 2.05 bits per heavy atom. The molecule has 6 nitrogen and oxygen atoms in total. The Balaban J connectivity index is 1.58. The molecule has 0 unspecified atom stereocenters. The number of hydrogen-bond donors (Lipinski definition) is 2. The Bertz CT molecular complexity index is 621. The van der Waals surface area contributed by atoms with Gasteiger partial charge in [-0.15, -0.1) is 11.3 Å². The summed E-state index contributed by atoms with van der Waals surface area (Å²) in [6.07, 6.45) is -0.0858. The number of hydrogen-bond acceptors (Lipinski definition) is 6. The molecular formula is C14H15N3O3S. The maximum atomic E-state index is 11.9. The summed E-state index contributed by atoms with van der Waals surface area (Å²) in [6.45, 7) is 1.22. The number of ether oxygens (including phenoxy) is 2. The Morgan fingerprint density at radius 3 is 2.67 bits per heavy atom. The summed E-state index contributed by atoms with van der Waals surface area (Å²) < 4.78 is 10.8. The van der Waals surface area contributed by atoms with Gasteiger partial charge in [0.1, 0.15) is 0 Å². The van der Waals surface area contributed by atoms with Crippen molar-refractivity contribution in [1.82, 2.24) is 4.98 Å². The van der Waals surface area contributed by atoms with Crippen molar-refractivity contribution in [2.75, 3.05) is 24.3 Å². The molecular weight excluding hydrogens is 290 g/mol. The van der Waals surface area contributed by atoms with Gasteiger partial charge >= 0.3 is 0 Å². The lowest BCUT2D eigenvalue weighted by Crippen LogP contribution is -2.14. The molecule has 0 saturated carbocycles. The second-order valence-electron chi connectivity index (χ2n) is 4.60. The van der Waals surface area contributed by atoms with Crippen molar-refractivity contribution in [2.24, 2.45) is 0 Å². The summed E-state index contributed by atoms with van der Waals surface area (Å²) in [7, 11) is 0. The Morgan fingerprint density at radius 1 is 1.33 bits per heavy atom. The van der Waals surface area contributed by atoms with Crippen molar-refractivity contribution in [2.45, 2.75) is 12.7 Å². The standard InChI is InChI=1S/C14H15N3O3S/c15-14-17-11(8-21-14)7-12(18)16-10-3-1-9(2-4-10)13-19-5-6-20-13/h1-4,8,13H,5-7H2,(H2,15,17)(H,16,18). The van der Waals surface area contributed by atoms with E-state index in [4.69, 9.17) is 15.2 Å². The number of carbonyl (C=O) groups is 1. The number of anilines is 2. The topological polar surface area (TPSA) is 86.5 Å². The Hall–Kier alpha value is -1.96. The van der Waals surface area contributed by atoms with E-state index in [-0.39, 0.29) is 18.6 Å². The molecule has 1 aliphatic heterocycles. The van der Waals surface area contributed by atoms with Gasteiger partial charge in [0.25, 0.3) is 0 Å². The van der Waals surface area contributed by atoms with Crippen LogP contribution in [0.15, 0.2) is 29.6 Å². The van der Waals surface area contributed by atoms with Crippen LogP contribution in [0.2, 0.25) is 0 Å². The number of nitrogens with zero attached hydrogens (tertiary/aromatic N) is 1. The monoisotopic (exact) mass is 305 g/mol. The SMILES string of the molecule is Nc1nc(CC(=O)Nc2ccc(C3OCCO3)cc2)cs1. The number of thiazole rings is 1. The van der Waals surface area contributed by atoms with Crippen molar-refractivity contribution in [1.29, 1.82) is 0 Å². The number of nitrogens with one attached hydrogen (secondary N) is 1. The minimum atomic E-state index is -0.298. The summed E-state index contributed by atoms with van der Waals surface area (Å²) in [6, 6.07) is 7.42. The molecule has 3 rings (SSSR count). The minimum absolute atomic E-state index is 0.124. The van der Waals surface area contributed by atoms with Gasteiger partial charge in [0, 0.05) is 16.6 Å². The van der Waals surface area contributed by atoms with Gasteiger partial charge in [-0.25, -0.2) is 4.98 Å². The first-order valence-corrected chi connectivity index (χ1v) is 7.41. The molecule has 2 aromatic rings. The molecule has 1 aromatic heterocycles. The third kappa shape index (κ3) is 3.57. The third-order valence-corrected chi connectivity index (χ3v) is 3.72. The molecule has 1 amide bonds. The minimum Gasteiger partial charge on any atom is -0.375 e. The first-order valence-electron chi connectivity index (χ1n) is 6.53. The smallest absolute Gasteiger partial charge is 0.230 e. The van der Waals surface area contributed by atoms with E-state index in [0.29, 0.717) is 24.0 Å². The van der Waals surface area contributed by atoms with Crippen LogP contribution in [0, 0.1) is 0 Å². The molecule has 1 aliphatic rings. The van der Waals surface area contributed by atoms with Crippen LogP contribution in [-0.2, 0) is 20.7 Å². The third-order valence-electron chi connectivity index (χ3n) is 3.00. The molecule has 0 bridgehead atoms. The van der Waals surface area contributed by atoms with Gasteiger partial charge in [0.2, 0.25) is 5.91 Å². The van der Waals surface area contributed by atoms with E-state index in [9.17, 15) is 4.79 Å². The molecule has 0 aliphatic carbocycles. The average Bonchev–Trinajstić information content (AvgIpc) is 3.11. The number of aromatic nitrogens is 1. The van der Waals surface area contributed by atoms with Gasteiger partial charge < -0.3 is 20.5 Å². The first kappa shape index (κ1) is 14.0.